The van der Waals surface area contributed by atoms with Crippen LogP contribution in [0.5, 0.6) is 0 Å². The molecule has 3 heterocycles. The second-order valence-corrected chi connectivity index (χ2v) is 10.3. The number of nitrogens with zero attached hydrogens (tertiary/aromatic N) is 4. The predicted molar refractivity (Wildman–Crippen MR) is 131 cm³/mol. The third-order valence-corrected chi connectivity index (χ3v) is 7.99. The summed E-state index contributed by atoms with van der Waals surface area (Å²) < 4.78 is 18.8. The third kappa shape index (κ3) is 3.56. The Morgan fingerprint density at radius 2 is 1.94 bits per heavy atom. The van der Waals surface area contributed by atoms with Crippen molar-refractivity contribution in [3.63, 3.8) is 0 Å². The highest BCUT2D eigenvalue weighted by atomic mass is 19.1. The molecule has 1 saturated carbocycles. The molecular weight excluding hydrogens is 427 g/mol. The Morgan fingerprint density at radius 1 is 1.12 bits per heavy atom. The Kier molecular flexibility index (Phi) is 5.29. The van der Waals surface area contributed by atoms with Gasteiger partial charge in [0, 0.05) is 28.8 Å². The van der Waals surface area contributed by atoms with Crippen LogP contribution in [0.1, 0.15) is 75.1 Å². The molecule has 2 atom stereocenters. The van der Waals surface area contributed by atoms with E-state index in [1.165, 1.54) is 17.0 Å². The molecule has 0 bridgehead atoms. The van der Waals surface area contributed by atoms with E-state index >= 15 is 0 Å². The fourth-order valence-corrected chi connectivity index (χ4v) is 6.07. The lowest BCUT2D eigenvalue weighted by atomic mass is 9.75. The summed E-state index contributed by atoms with van der Waals surface area (Å²) in [5.74, 6) is 0.560. The SMILES string of the molecule is CC(C)n1cc2cc(C3CCC(C(O)CC4c5c(F)cccc5-c5cncn54)CC3)ccc2n1. The quantitative estimate of drug-likeness (QED) is 0.385. The number of imidazole rings is 1. The minimum atomic E-state index is -0.460. The second kappa shape index (κ2) is 8.35. The van der Waals surface area contributed by atoms with Crippen molar-refractivity contribution in [2.24, 2.45) is 5.92 Å². The minimum Gasteiger partial charge on any atom is -0.393 e. The fourth-order valence-electron chi connectivity index (χ4n) is 6.07. The zero-order chi connectivity index (χ0) is 23.4. The Morgan fingerprint density at radius 3 is 2.74 bits per heavy atom. The molecule has 1 aliphatic carbocycles. The summed E-state index contributed by atoms with van der Waals surface area (Å²) >= 11 is 0. The monoisotopic (exact) mass is 458 g/mol. The van der Waals surface area contributed by atoms with E-state index in [0.717, 1.165) is 42.5 Å². The molecule has 0 amide bonds. The summed E-state index contributed by atoms with van der Waals surface area (Å²) in [5, 5.41) is 17.1. The highest BCUT2D eigenvalue weighted by molar-refractivity contribution is 5.79. The fraction of sp³-hybridized carbons (Fsp3) is 0.429. The van der Waals surface area contributed by atoms with Gasteiger partial charge in [-0.2, -0.15) is 5.10 Å². The first-order valence-electron chi connectivity index (χ1n) is 12.5. The molecule has 1 aliphatic heterocycles. The van der Waals surface area contributed by atoms with E-state index < -0.39 is 6.10 Å². The van der Waals surface area contributed by atoms with Crippen LogP contribution >= 0.6 is 0 Å². The van der Waals surface area contributed by atoms with Crippen molar-refractivity contribution in [1.82, 2.24) is 19.3 Å². The van der Waals surface area contributed by atoms with Gasteiger partial charge in [-0.25, -0.2) is 9.37 Å². The van der Waals surface area contributed by atoms with E-state index in [0.29, 0.717) is 23.9 Å². The van der Waals surface area contributed by atoms with E-state index in [1.807, 2.05) is 15.3 Å². The van der Waals surface area contributed by atoms with Gasteiger partial charge in [-0.3, -0.25) is 4.68 Å². The molecule has 6 heteroatoms. The third-order valence-electron chi connectivity index (χ3n) is 7.99. The van der Waals surface area contributed by atoms with Gasteiger partial charge in [0.1, 0.15) is 5.82 Å². The molecule has 4 aromatic rings. The molecule has 2 aliphatic rings. The van der Waals surface area contributed by atoms with Gasteiger partial charge in [0.15, 0.2) is 0 Å². The molecule has 34 heavy (non-hydrogen) atoms. The standard InChI is InChI=1S/C28H31FN4O/c1-17(2)33-15-21-12-20(10-11-24(21)31-33)18-6-8-19(9-7-18)27(34)13-25-28-22(4-3-5-23(28)29)26-14-30-16-32(25)26/h3-5,10-12,14-19,25,27,34H,6-9,13H2,1-2H3. The molecule has 2 aromatic carbocycles. The number of fused-ring (bicyclic) bond motifs is 4. The average Bonchev–Trinajstić information content (AvgIpc) is 3.55. The largest absolute Gasteiger partial charge is 0.393 e. The van der Waals surface area contributed by atoms with Crippen molar-refractivity contribution in [3.05, 3.63) is 72.1 Å². The zero-order valence-corrected chi connectivity index (χ0v) is 19.7. The molecule has 0 spiro atoms. The first-order valence-corrected chi connectivity index (χ1v) is 12.5. The van der Waals surface area contributed by atoms with Gasteiger partial charge in [-0.15, -0.1) is 0 Å². The van der Waals surface area contributed by atoms with Gasteiger partial charge in [0.05, 0.1) is 35.9 Å². The van der Waals surface area contributed by atoms with Crippen LogP contribution in [0.2, 0.25) is 0 Å². The van der Waals surface area contributed by atoms with Crippen LogP contribution in [-0.4, -0.2) is 30.5 Å². The second-order valence-electron chi connectivity index (χ2n) is 10.3. The molecule has 2 unspecified atom stereocenters. The van der Waals surface area contributed by atoms with Crippen molar-refractivity contribution >= 4 is 10.9 Å². The number of aliphatic hydroxyl groups is 1. The van der Waals surface area contributed by atoms with Gasteiger partial charge >= 0.3 is 0 Å². The number of aliphatic hydroxyl groups excluding tert-OH is 1. The number of hydrogen-bond acceptors (Lipinski definition) is 3. The molecule has 2 aromatic heterocycles. The van der Waals surface area contributed by atoms with E-state index in [1.54, 1.807) is 18.6 Å². The summed E-state index contributed by atoms with van der Waals surface area (Å²) in [6, 6.07) is 12.0. The molecule has 1 fully saturated rings. The van der Waals surface area contributed by atoms with Crippen LogP contribution in [0.3, 0.4) is 0 Å². The Labute approximate surface area is 199 Å². The first kappa shape index (κ1) is 21.5. The van der Waals surface area contributed by atoms with Crippen molar-refractivity contribution < 1.29 is 9.50 Å². The molecule has 176 valence electrons. The summed E-state index contributed by atoms with van der Waals surface area (Å²) in [7, 11) is 0. The summed E-state index contributed by atoms with van der Waals surface area (Å²) in [5.41, 5.74) is 4.95. The Bertz CT molecular complexity index is 1330. The van der Waals surface area contributed by atoms with E-state index in [4.69, 9.17) is 0 Å². The van der Waals surface area contributed by atoms with Crippen molar-refractivity contribution in [1.29, 1.82) is 0 Å². The highest BCUT2D eigenvalue weighted by Gasteiger charge is 2.35. The molecule has 6 rings (SSSR count). The van der Waals surface area contributed by atoms with Crippen molar-refractivity contribution in [3.8, 4) is 11.3 Å². The lowest BCUT2D eigenvalue weighted by Crippen LogP contribution is -2.28. The summed E-state index contributed by atoms with van der Waals surface area (Å²) in [4.78, 5) is 4.27. The normalized spacial score (nSPS) is 22.8. The van der Waals surface area contributed by atoms with Crippen LogP contribution in [0.25, 0.3) is 22.2 Å². The van der Waals surface area contributed by atoms with Crippen LogP contribution in [0.4, 0.5) is 4.39 Å². The molecule has 1 N–H and O–H groups in total. The molecule has 0 saturated heterocycles. The van der Waals surface area contributed by atoms with Gasteiger partial charge in [0.25, 0.3) is 0 Å². The lowest BCUT2D eigenvalue weighted by molar-refractivity contribution is 0.0650. The number of halogens is 1. The van der Waals surface area contributed by atoms with Gasteiger partial charge in [-0.05, 0) is 81.5 Å². The Hall–Kier alpha value is -2.99. The topological polar surface area (TPSA) is 55.9 Å². The minimum absolute atomic E-state index is 0.193. The van der Waals surface area contributed by atoms with Crippen molar-refractivity contribution in [2.45, 2.75) is 70.1 Å². The number of aromatic nitrogens is 4. The number of hydrogen-bond donors (Lipinski definition) is 1. The molecular formula is C28H31FN4O. The summed E-state index contributed by atoms with van der Waals surface area (Å²) in [6.45, 7) is 4.29. The Balaban J connectivity index is 1.14. The highest BCUT2D eigenvalue weighted by Crippen LogP contribution is 2.45. The van der Waals surface area contributed by atoms with Crippen LogP contribution in [0, 0.1) is 11.7 Å². The maximum absolute atomic E-state index is 14.8. The number of benzene rings is 2. The number of rotatable bonds is 5. The molecule has 0 radical (unpaired) electrons. The predicted octanol–water partition coefficient (Wildman–Crippen LogP) is 6.25. The van der Waals surface area contributed by atoms with Crippen LogP contribution in [0.15, 0.2) is 55.1 Å². The molecule has 5 nitrogen and oxygen atoms in total. The first-order chi connectivity index (χ1) is 16.5. The maximum atomic E-state index is 14.8. The van der Waals surface area contributed by atoms with Crippen LogP contribution in [-0.2, 0) is 0 Å². The zero-order valence-electron chi connectivity index (χ0n) is 19.7. The lowest BCUT2D eigenvalue weighted by Gasteiger charge is -2.33. The average molecular weight is 459 g/mol. The van der Waals surface area contributed by atoms with E-state index in [-0.39, 0.29) is 17.8 Å². The maximum Gasteiger partial charge on any atom is 0.129 e. The summed E-state index contributed by atoms with van der Waals surface area (Å²) in [6.07, 6.45) is 9.87. The van der Waals surface area contributed by atoms with Crippen molar-refractivity contribution in [2.75, 3.05) is 0 Å². The van der Waals surface area contributed by atoms with Gasteiger partial charge in [-0.1, -0.05) is 18.2 Å². The van der Waals surface area contributed by atoms with E-state index in [9.17, 15) is 9.50 Å². The smallest absolute Gasteiger partial charge is 0.129 e. The van der Waals surface area contributed by atoms with Gasteiger partial charge < -0.3 is 9.67 Å². The van der Waals surface area contributed by atoms with E-state index in [2.05, 4.69) is 48.3 Å². The van der Waals surface area contributed by atoms with Gasteiger partial charge in [0.2, 0.25) is 0 Å². The van der Waals surface area contributed by atoms with Crippen LogP contribution < -0.4 is 0 Å².